The van der Waals surface area contributed by atoms with Crippen molar-refractivity contribution in [3.05, 3.63) is 66.2 Å². The molecule has 7 heteroatoms. The first-order valence-corrected chi connectivity index (χ1v) is 9.92. The normalized spacial score (nSPS) is 19.6. The third-order valence-corrected chi connectivity index (χ3v) is 5.17. The number of guanidine groups is 1. The molecule has 29 heavy (non-hydrogen) atoms. The molecule has 0 bridgehead atoms. The Morgan fingerprint density at radius 2 is 1.66 bits per heavy atom. The number of anilines is 1. The molecule has 0 radical (unpaired) electrons. The molecule has 4 rings (SSSR count). The highest BCUT2D eigenvalue weighted by Crippen LogP contribution is 2.14. The summed E-state index contributed by atoms with van der Waals surface area (Å²) in [5.41, 5.74) is 2.02. The zero-order chi connectivity index (χ0) is 20.1. The summed E-state index contributed by atoms with van der Waals surface area (Å²) < 4.78 is 0. The average Bonchev–Trinajstić information content (AvgIpc) is 3.10. The number of piperazine rings is 1. The molecule has 2 amide bonds. The number of hydrogen-bond donors (Lipinski definition) is 2. The van der Waals surface area contributed by atoms with Crippen molar-refractivity contribution in [2.24, 2.45) is 4.99 Å². The topological polar surface area (TPSA) is 77.0 Å². The van der Waals surface area contributed by atoms with Crippen molar-refractivity contribution >= 4 is 23.5 Å². The van der Waals surface area contributed by atoms with Crippen molar-refractivity contribution in [3.63, 3.8) is 0 Å². The number of carbonyl (C=O) groups is 2. The Balaban J connectivity index is 1.28. The van der Waals surface area contributed by atoms with Crippen LogP contribution in [-0.2, 0) is 16.1 Å². The lowest BCUT2D eigenvalue weighted by atomic mass is 10.2. The minimum absolute atomic E-state index is 0.0399. The SMILES string of the molecule is O=C(C[C@@H]1N=C(N2CCN(Cc3ccccc3)CC2)NC1=O)Nc1ccccc1. The second-order valence-corrected chi connectivity index (χ2v) is 7.32. The van der Waals surface area contributed by atoms with Gasteiger partial charge in [-0.3, -0.25) is 19.8 Å². The van der Waals surface area contributed by atoms with Gasteiger partial charge in [0.05, 0.1) is 6.42 Å². The summed E-state index contributed by atoms with van der Waals surface area (Å²) in [4.78, 5) is 33.5. The van der Waals surface area contributed by atoms with E-state index in [1.807, 2.05) is 36.4 Å². The molecule has 2 aliphatic rings. The molecule has 2 N–H and O–H groups in total. The molecule has 0 unspecified atom stereocenters. The van der Waals surface area contributed by atoms with Crippen molar-refractivity contribution < 1.29 is 9.59 Å². The molecule has 0 aromatic heterocycles. The fraction of sp³-hybridized carbons (Fsp3) is 0.318. The predicted molar refractivity (Wildman–Crippen MR) is 112 cm³/mol. The van der Waals surface area contributed by atoms with Crippen LogP contribution in [-0.4, -0.2) is 59.8 Å². The lowest BCUT2D eigenvalue weighted by Gasteiger charge is -2.35. The molecule has 7 nitrogen and oxygen atoms in total. The summed E-state index contributed by atoms with van der Waals surface area (Å²) in [5.74, 6) is 0.163. The van der Waals surface area contributed by atoms with Crippen LogP contribution in [0, 0.1) is 0 Å². The largest absolute Gasteiger partial charge is 0.340 e. The van der Waals surface area contributed by atoms with Crippen molar-refractivity contribution in [2.75, 3.05) is 31.5 Å². The predicted octanol–water partition coefficient (Wildman–Crippen LogP) is 1.69. The van der Waals surface area contributed by atoms with Gasteiger partial charge in [-0.05, 0) is 17.7 Å². The standard InChI is InChI=1S/C22H25N5O2/c28-20(23-18-9-5-2-6-10-18)15-19-21(29)25-22(24-19)27-13-11-26(12-14-27)16-17-7-3-1-4-8-17/h1-10,19H,11-16H2,(H,23,28)(H,24,25,29)/t19-/m0/s1. The van der Waals surface area contributed by atoms with E-state index in [9.17, 15) is 9.59 Å². The molecule has 0 spiro atoms. The van der Waals surface area contributed by atoms with E-state index in [-0.39, 0.29) is 18.2 Å². The van der Waals surface area contributed by atoms with E-state index in [1.165, 1.54) is 5.56 Å². The summed E-state index contributed by atoms with van der Waals surface area (Å²) in [7, 11) is 0. The van der Waals surface area contributed by atoms with Gasteiger partial charge >= 0.3 is 0 Å². The van der Waals surface area contributed by atoms with Crippen LogP contribution in [0.1, 0.15) is 12.0 Å². The third kappa shape index (κ3) is 5.00. The maximum absolute atomic E-state index is 12.3. The van der Waals surface area contributed by atoms with Gasteiger partial charge in [0.15, 0.2) is 0 Å². The molecule has 150 valence electrons. The Kier molecular flexibility index (Phi) is 5.86. The van der Waals surface area contributed by atoms with Gasteiger partial charge in [0.2, 0.25) is 11.9 Å². The van der Waals surface area contributed by atoms with Crippen molar-refractivity contribution in [1.29, 1.82) is 0 Å². The second-order valence-electron chi connectivity index (χ2n) is 7.32. The zero-order valence-electron chi connectivity index (χ0n) is 16.3. The summed E-state index contributed by atoms with van der Waals surface area (Å²) >= 11 is 0. The highest BCUT2D eigenvalue weighted by Gasteiger charge is 2.32. The number of nitrogens with zero attached hydrogens (tertiary/aromatic N) is 3. The molecule has 1 fully saturated rings. The van der Waals surface area contributed by atoms with Crippen LogP contribution in [0.4, 0.5) is 5.69 Å². The third-order valence-electron chi connectivity index (χ3n) is 5.17. The number of carbonyl (C=O) groups excluding carboxylic acids is 2. The fourth-order valence-electron chi connectivity index (χ4n) is 3.60. The molecule has 2 aromatic rings. The average molecular weight is 391 g/mol. The van der Waals surface area contributed by atoms with E-state index in [2.05, 4.69) is 49.7 Å². The molecular weight excluding hydrogens is 366 g/mol. The van der Waals surface area contributed by atoms with Crippen LogP contribution < -0.4 is 10.6 Å². The van der Waals surface area contributed by atoms with Crippen LogP contribution >= 0.6 is 0 Å². The molecular formula is C22H25N5O2. The first kappa shape index (κ1) is 19.1. The monoisotopic (exact) mass is 391 g/mol. The number of benzene rings is 2. The van der Waals surface area contributed by atoms with E-state index in [1.54, 1.807) is 0 Å². The second kappa shape index (κ2) is 8.87. The Morgan fingerprint density at radius 3 is 2.34 bits per heavy atom. The Labute approximate surface area is 170 Å². The lowest BCUT2D eigenvalue weighted by molar-refractivity contribution is -0.124. The molecule has 2 heterocycles. The quantitative estimate of drug-likeness (QED) is 0.813. The minimum Gasteiger partial charge on any atom is -0.340 e. The Bertz CT molecular complexity index is 877. The number of aliphatic imine (C=N–C) groups is 1. The van der Waals surface area contributed by atoms with Crippen LogP contribution in [0.5, 0.6) is 0 Å². The minimum atomic E-state index is -0.670. The number of rotatable bonds is 5. The summed E-state index contributed by atoms with van der Waals surface area (Å²) in [6.07, 6.45) is 0.0399. The van der Waals surface area contributed by atoms with E-state index >= 15 is 0 Å². The highest BCUT2D eigenvalue weighted by molar-refractivity contribution is 6.07. The maximum Gasteiger partial charge on any atom is 0.252 e. The van der Waals surface area contributed by atoms with Gasteiger partial charge in [-0.25, -0.2) is 4.99 Å². The van der Waals surface area contributed by atoms with Gasteiger partial charge in [-0.1, -0.05) is 48.5 Å². The van der Waals surface area contributed by atoms with Crippen LogP contribution in [0.15, 0.2) is 65.7 Å². The molecule has 0 saturated carbocycles. The molecule has 1 saturated heterocycles. The van der Waals surface area contributed by atoms with Gasteiger partial charge in [0.25, 0.3) is 5.91 Å². The number of amides is 2. The zero-order valence-corrected chi connectivity index (χ0v) is 16.3. The van der Waals surface area contributed by atoms with E-state index < -0.39 is 6.04 Å². The molecule has 2 aromatic carbocycles. The number of para-hydroxylation sites is 1. The first-order valence-electron chi connectivity index (χ1n) is 9.92. The Morgan fingerprint density at radius 1 is 1.00 bits per heavy atom. The molecule has 1 atom stereocenters. The molecule has 2 aliphatic heterocycles. The highest BCUT2D eigenvalue weighted by atomic mass is 16.2. The van der Waals surface area contributed by atoms with Gasteiger partial charge < -0.3 is 10.2 Å². The van der Waals surface area contributed by atoms with Crippen LogP contribution in [0.3, 0.4) is 0 Å². The van der Waals surface area contributed by atoms with Crippen molar-refractivity contribution in [3.8, 4) is 0 Å². The first-order chi connectivity index (χ1) is 14.2. The number of hydrogen-bond acceptors (Lipinski definition) is 5. The Hall–Kier alpha value is -3.19. The van der Waals surface area contributed by atoms with Crippen molar-refractivity contribution in [1.82, 2.24) is 15.1 Å². The fourth-order valence-corrected chi connectivity index (χ4v) is 3.60. The summed E-state index contributed by atoms with van der Waals surface area (Å²) in [6, 6.07) is 19.0. The van der Waals surface area contributed by atoms with E-state index in [0.29, 0.717) is 5.96 Å². The summed E-state index contributed by atoms with van der Waals surface area (Å²) in [6.45, 7) is 4.34. The smallest absolute Gasteiger partial charge is 0.252 e. The van der Waals surface area contributed by atoms with Crippen molar-refractivity contribution in [2.45, 2.75) is 19.0 Å². The number of nitrogens with one attached hydrogen (secondary N) is 2. The van der Waals surface area contributed by atoms with Crippen LogP contribution in [0.25, 0.3) is 0 Å². The van der Waals surface area contributed by atoms with Gasteiger partial charge in [0.1, 0.15) is 6.04 Å². The van der Waals surface area contributed by atoms with Gasteiger partial charge in [-0.2, -0.15) is 0 Å². The summed E-state index contributed by atoms with van der Waals surface area (Å²) in [5, 5.41) is 5.65. The lowest BCUT2D eigenvalue weighted by Crippen LogP contribution is -2.51. The van der Waals surface area contributed by atoms with E-state index in [4.69, 9.17) is 0 Å². The van der Waals surface area contributed by atoms with Gasteiger partial charge in [-0.15, -0.1) is 0 Å². The maximum atomic E-state index is 12.3. The molecule has 0 aliphatic carbocycles. The van der Waals surface area contributed by atoms with Gasteiger partial charge in [0, 0.05) is 38.4 Å². The van der Waals surface area contributed by atoms with Crippen LogP contribution in [0.2, 0.25) is 0 Å². The van der Waals surface area contributed by atoms with E-state index in [0.717, 1.165) is 38.4 Å².